The molecule has 0 amide bonds. The van der Waals surface area contributed by atoms with Crippen molar-refractivity contribution >= 4 is 11.6 Å². The number of alkyl halides is 3. The van der Waals surface area contributed by atoms with Gasteiger partial charge in [0.2, 0.25) is 5.95 Å². The number of hydrogen-bond donors (Lipinski definition) is 1. The zero-order chi connectivity index (χ0) is 24.0. The zero-order valence-corrected chi connectivity index (χ0v) is 18.1. The summed E-state index contributed by atoms with van der Waals surface area (Å²) in [6.07, 6.45) is -1.41. The highest BCUT2D eigenvalue weighted by Crippen LogP contribution is 2.43. The molecule has 0 fully saturated rings. The van der Waals surface area contributed by atoms with Gasteiger partial charge in [-0.3, -0.25) is 0 Å². The van der Waals surface area contributed by atoms with Crippen molar-refractivity contribution in [3.8, 4) is 33.7 Å². The van der Waals surface area contributed by atoms with Crippen LogP contribution in [0.5, 0.6) is 5.75 Å². The molecule has 0 radical (unpaired) electrons. The zero-order valence-electron chi connectivity index (χ0n) is 18.1. The third kappa shape index (κ3) is 3.60. The molecule has 0 aliphatic rings. The van der Waals surface area contributed by atoms with Gasteiger partial charge in [-0.2, -0.15) is 23.3 Å². The summed E-state index contributed by atoms with van der Waals surface area (Å²) < 4.78 is 50.3. The molecule has 0 atom stereocenters. The van der Waals surface area contributed by atoms with Crippen LogP contribution in [0.1, 0.15) is 11.4 Å². The lowest BCUT2D eigenvalue weighted by Crippen LogP contribution is -2.08. The Labute approximate surface area is 191 Å². The molecule has 2 aromatic carbocycles. The topological polar surface area (TPSA) is 96.2 Å². The van der Waals surface area contributed by atoms with Gasteiger partial charge < -0.3 is 10.5 Å². The summed E-state index contributed by atoms with van der Waals surface area (Å²) in [6, 6.07) is 12.3. The van der Waals surface area contributed by atoms with E-state index in [0.717, 1.165) is 6.07 Å². The first-order chi connectivity index (χ1) is 16.3. The van der Waals surface area contributed by atoms with Crippen LogP contribution in [0, 0.1) is 6.92 Å². The van der Waals surface area contributed by atoms with E-state index in [1.807, 2.05) is 0 Å². The number of nitrogens with zero attached hydrogens (tertiary/aromatic N) is 6. The number of hydrogen-bond acceptors (Lipinski definition) is 6. The lowest BCUT2D eigenvalue weighted by molar-refractivity contribution is -0.137. The summed E-state index contributed by atoms with van der Waals surface area (Å²) in [5.41, 5.74) is 7.20. The molecule has 3 heterocycles. The number of ether oxygens (including phenoxy) is 1. The number of anilines is 1. The smallest absolute Gasteiger partial charge is 0.417 e. The Bertz CT molecular complexity index is 1520. The first-order valence-electron chi connectivity index (χ1n) is 10.1. The maximum absolute atomic E-state index is 13.9. The van der Waals surface area contributed by atoms with Gasteiger partial charge in [-0.15, -0.1) is 5.10 Å². The minimum atomic E-state index is -4.57. The van der Waals surface area contributed by atoms with Crippen LogP contribution >= 0.6 is 0 Å². The normalized spacial score (nSPS) is 11.8. The second-order valence-electron chi connectivity index (χ2n) is 7.51. The Morgan fingerprint density at radius 3 is 2.50 bits per heavy atom. The fourth-order valence-electron chi connectivity index (χ4n) is 3.91. The van der Waals surface area contributed by atoms with Gasteiger partial charge in [-0.05, 0) is 47.9 Å². The third-order valence-corrected chi connectivity index (χ3v) is 5.37. The predicted octanol–water partition coefficient (Wildman–Crippen LogP) is 4.56. The maximum atomic E-state index is 13.9. The summed E-state index contributed by atoms with van der Waals surface area (Å²) >= 11 is 0. The van der Waals surface area contributed by atoms with Gasteiger partial charge in [0.05, 0.1) is 12.7 Å². The van der Waals surface area contributed by atoms with Crippen molar-refractivity contribution in [3.05, 3.63) is 72.4 Å². The van der Waals surface area contributed by atoms with Crippen LogP contribution in [0.2, 0.25) is 0 Å². The Kier molecular flexibility index (Phi) is 4.96. The van der Waals surface area contributed by atoms with Crippen molar-refractivity contribution in [1.29, 1.82) is 0 Å². The number of methoxy groups -OCH3 is 1. The summed E-state index contributed by atoms with van der Waals surface area (Å²) in [5, 5.41) is 8.38. The highest BCUT2D eigenvalue weighted by Gasteiger charge is 2.34. The molecule has 0 aliphatic carbocycles. The lowest BCUT2D eigenvalue weighted by Gasteiger charge is -2.17. The quantitative estimate of drug-likeness (QED) is 0.418. The van der Waals surface area contributed by atoms with Crippen LogP contribution in [0.15, 0.2) is 61.1 Å². The molecule has 0 aliphatic heterocycles. The Balaban J connectivity index is 1.78. The van der Waals surface area contributed by atoms with E-state index >= 15 is 0 Å². The van der Waals surface area contributed by atoms with Crippen molar-refractivity contribution in [2.75, 3.05) is 12.8 Å². The van der Waals surface area contributed by atoms with E-state index in [-0.39, 0.29) is 22.7 Å². The van der Waals surface area contributed by atoms with E-state index in [0.29, 0.717) is 28.4 Å². The van der Waals surface area contributed by atoms with Crippen LogP contribution in [0.4, 0.5) is 19.1 Å². The Hall–Kier alpha value is -4.41. The van der Waals surface area contributed by atoms with Crippen LogP contribution < -0.4 is 10.5 Å². The van der Waals surface area contributed by atoms with Gasteiger partial charge in [0.15, 0.2) is 5.65 Å². The van der Waals surface area contributed by atoms with Crippen LogP contribution in [-0.2, 0) is 6.18 Å². The lowest BCUT2D eigenvalue weighted by atomic mass is 9.92. The summed E-state index contributed by atoms with van der Waals surface area (Å²) in [4.78, 5) is 8.35. The third-order valence-electron chi connectivity index (χ3n) is 5.37. The molecule has 0 saturated heterocycles. The molecule has 8 nitrogen and oxygen atoms in total. The fraction of sp³-hybridized carbons (Fsp3) is 0.130. The average molecular weight is 465 g/mol. The first kappa shape index (κ1) is 21.4. The van der Waals surface area contributed by atoms with E-state index in [4.69, 9.17) is 10.5 Å². The van der Waals surface area contributed by atoms with Gasteiger partial charge >= 0.3 is 6.18 Å². The van der Waals surface area contributed by atoms with Crippen molar-refractivity contribution in [1.82, 2.24) is 29.4 Å². The van der Waals surface area contributed by atoms with Crippen LogP contribution in [-0.4, -0.2) is 36.5 Å². The molecule has 3 aromatic heterocycles. The Morgan fingerprint density at radius 1 is 1.00 bits per heavy atom. The number of halogens is 3. The second-order valence-corrected chi connectivity index (χ2v) is 7.51. The minimum Gasteiger partial charge on any atom is -0.494 e. The van der Waals surface area contributed by atoms with Crippen LogP contribution in [0.3, 0.4) is 0 Å². The highest BCUT2D eigenvalue weighted by atomic mass is 19.4. The highest BCUT2D eigenvalue weighted by molar-refractivity contribution is 5.93. The molecular formula is C23H18F3N7O. The summed E-state index contributed by atoms with van der Waals surface area (Å²) in [7, 11) is 1.51. The molecule has 0 saturated carbocycles. The van der Waals surface area contributed by atoms with E-state index in [2.05, 4.69) is 20.2 Å². The molecule has 2 N–H and O–H groups in total. The number of aryl methyl sites for hydroxylation is 1. The SMILES string of the molecule is COc1cc(-c2ccn3nc(N)nc3c2-c2ccccc2C(F)(F)F)ccc1-n1cnc(C)n1. The van der Waals surface area contributed by atoms with Gasteiger partial charge in [0.25, 0.3) is 0 Å². The molecular weight excluding hydrogens is 447 g/mol. The second kappa shape index (κ2) is 7.87. The number of nitrogens with two attached hydrogens (primary N) is 1. The number of nitrogen functional groups attached to an aromatic ring is 1. The summed E-state index contributed by atoms with van der Waals surface area (Å²) in [6.45, 7) is 1.77. The number of benzene rings is 2. The van der Waals surface area contributed by atoms with Crippen molar-refractivity contribution in [2.24, 2.45) is 0 Å². The number of pyridine rings is 1. The predicted molar refractivity (Wildman–Crippen MR) is 119 cm³/mol. The molecule has 5 rings (SSSR count). The molecule has 172 valence electrons. The largest absolute Gasteiger partial charge is 0.494 e. The monoisotopic (exact) mass is 465 g/mol. The molecule has 5 aromatic rings. The number of rotatable bonds is 4. The van der Waals surface area contributed by atoms with E-state index < -0.39 is 11.7 Å². The van der Waals surface area contributed by atoms with E-state index in [1.165, 1.54) is 23.8 Å². The van der Waals surface area contributed by atoms with Gasteiger partial charge in [-0.25, -0.2) is 14.2 Å². The van der Waals surface area contributed by atoms with Crippen LogP contribution in [0.25, 0.3) is 33.6 Å². The van der Waals surface area contributed by atoms with Gasteiger partial charge in [-0.1, -0.05) is 24.3 Å². The first-order valence-corrected chi connectivity index (χ1v) is 10.1. The fourth-order valence-corrected chi connectivity index (χ4v) is 3.91. The van der Waals surface area contributed by atoms with E-state index in [1.54, 1.807) is 54.5 Å². The standard InChI is InChI=1S/C23H18F3N7O/c1-13-28-12-33(30-13)18-8-7-14(11-19(18)34-2)15-9-10-32-21(29-22(27)31-32)20(15)16-5-3-4-6-17(16)23(24,25)26/h3-12H,1-2H3,(H2,27,31). The molecule has 0 bridgehead atoms. The summed E-state index contributed by atoms with van der Waals surface area (Å²) in [5.74, 6) is 1.02. The van der Waals surface area contributed by atoms with E-state index in [9.17, 15) is 13.2 Å². The van der Waals surface area contributed by atoms with Crippen molar-refractivity contribution < 1.29 is 17.9 Å². The average Bonchev–Trinajstić information content (AvgIpc) is 3.41. The molecule has 11 heteroatoms. The van der Waals surface area contributed by atoms with Gasteiger partial charge in [0.1, 0.15) is 23.6 Å². The maximum Gasteiger partial charge on any atom is 0.417 e. The minimum absolute atomic E-state index is 0.0297. The van der Waals surface area contributed by atoms with Crippen molar-refractivity contribution in [2.45, 2.75) is 13.1 Å². The number of fused-ring (bicyclic) bond motifs is 1. The molecule has 34 heavy (non-hydrogen) atoms. The van der Waals surface area contributed by atoms with Gasteiger partial charge in [0, 0.05) is 11.8 Å². The molecule has 0 unspecified atom stereocenters. The van der Waals surface area contributed by atoms with Crippen molar-refractivity contribution in [3.63, 3.8) is 0 Å². The Morgan fingerprint density at radius 2 is 1.79 bits per heavy atom. The molecule has 0 spiro atoms. The number of aromatic nitrogens is 6.